The number of para-hydroxylation sites is 1. The van der Waals surface area contributed by atoms with Gasteiger partial charge in [0.1, 0.15) is 23.9 Å². The second kappa shape index (κ2) is 10.8. The van der Waals surface area contributed by atoms with Crippen molar-refractivity contribution >= 4 is 5.96 Å². The highest BCUT2D eigenvalue weighted by Crippen LogP contribution is 2.20. The minimum absolute atomic E-state index is 0.233. The van der Waals surface area contributed by atoms with Crippen molar-refractivity contribution in [3.8, 4) is 17.2 Å². The summed E-state index contributed by atoms with van der Waals surface area (Å²) in [6, 6.07) is 16.1. The summed E-state index contributed by atoms with van der Waals surface area (Å²) in [5.74, 6) is 2.07. The number of halogens is 1. The van der Waals surface area contributed by atoms with E-state index in [9.17, 15) is 4.39 Å². The zero-order chi connectivity index (χ0) is 22.2. The van der Waals surface area contributed by atoms with E-state index in [0.717, 1.165) is 55.4 Å². The van der Waals surface area contributed by atoms with Gasteiger partial charge in [-0.2, -0.15) is 0 Å². The first kappa shape index (κ1) is 21.9. The highest BCUT2D eigenvalue weighted by atomic mass is 19.1. The Morgan fingerprint density at radius 2 is 1.91 bits per heavy atom. The zero-order valence-corrected chi connectivity index (χ0v) is 18.3. The van der Waals surface area contributed by atoms with E-state index in [2.05, 4.69) is 22.1 Å². The number of aromatic nitrogens is 1. The molecule has 1 aromatic heterocycles. The van der Waals surface area contributed by atoms with Crippen LogP contribution in [0.15, 0.2) is 70.3 Å². The number of nitrogens with one attached hydrogen (secondary N) is 1. The summed E-state index contributed by atoms with van der Waals surface area (Å²) in [5.41, 5.74) is 1.59. The Bertz CT molecular complexity index is 996. The maximum absolute atomic E-state index is 13.1. The summed E-state index contributed by atoms with van der Waals surface area (Å²) in [6.07, 6.45) is 4.48. The van der Waals surface area contributed by atoms with Crippen molar-refractivity contribution in [1.82, 2.24) is 15.2 Å². The molecular weight excluding hydrogens is 407 g/mol. The van der Waals surface area contributed by atoms with Crippen LogP contribution in [0.3, 0.4) is 0 Å². The average molecular weight is 437 g/mol. The van der Waals surface area contributed by atoms with Crippen LogP contribution >= 0.6 is 0 Å². The number of hydrogen-bond donors (Lipinski definition) is 1. The maximum Gasteiger partial charge on any atom is 0.226 e. The van der Waals surface area contributed by atoms with Crippen LogP contribution in [0, 0.1) is 5.82 Å². The van der Waals surface area contributed by atoms with Gasteiger partial charge in [-0.25, -0.2) is 9.37 Å². The number of hydrogen-bond acceptors (Lipinski definition) is 4. The van der Waals surface area contributed by atoms with Crippen molar-refractivity contribution in [2.24, 2.45) is 4.99 Å². The van der Waals surface area contributed by atoms with Gasteiger partial charge in [-0.3, -0.25) is 4.99 Å². The second-order valence-corrected chi connectivity index (χ2v) is 7.75. The van der Waals surface area contributed by atoms with Gasteiger partial charge in [-0.05, 0) is 43.3 Å². The van der Waals surface area contributed by atoms with Crippen molar-refractivity contribution in [3.63, 3.8) is 0 Å². The Kier molecular flexibility index (Phi) is 7.38. The summed E-state index contributed by atoms with van der Waals surface area (Å²) in [6.45, 7) is 5.31. The quantitative estimate of drug-likeness (QED) is 0.435. The lowest BCUT2D eigenvalue weighted by Gasteiger charge is -2.34. The molecule has 0 radical (unpaired) electrons. The third-order valence-corrected chi connectivity index (χ3v) is 5.39. The molecule has 32 heavy (non-hydrogen) atoms. The number of likely N-dealkylation sites (tertiary alicyclic amines) is 1. The van der Waals surface area contributed by atoms with Crippen molar-refractivity contribution in [1.29, 1.82) is 0 Å². The van der Waals surface area contributed by atoms with E-state index in [4.69, 9.17) is 14.1 Å². The Hall–Kier alpha value is -3.35. The van der Waals surface area contributed by atoms with Gasteiger partial charge < -0.3 is 19.4 Å². The van der Waals surface area contributed by atoms with Crippen molar-refractivity contribution in [3.05, 3.63) is 72.4 Å². The minimum Gasteiger partial charge on any atom is -0.490 e. The predicted molar refractivity (Wildman–Crippen MR) is 123 cm³/mol. The molecule has 1 fully saturated rings. The smallest absolute Gasteiger partial charge is 0.226 e. The molecule has 1 aliphatic heterocycles. The number of piperidine rings is 1. The lowest BCUT2D eigenvalue weighted by Crippen LogP contribution is -2.47. The molecule has 0 atom stereocenters. The Morgan fingerprint density at radius 3 is 2.62 bits per heavy atom. The summed E-state index contributed by atoms with van der Waals surface area (Å²) in [7, 11) is 0. The molecule has 0 amide bonds. The van der Waals surface area contributed by atoms with E-state index in [0.29, 0.717) is 18.9 Å². The van der Waals surface area contributed by atoms with E-state index >= 15 is 0 Å². The van der Waals surface area contributed by atoms with E-state index < -0.39 is 0 Å². The molecule has 2 heterocycles. The molecule has 168 valence electrons. The molecule has 4 rings (SSSR count). The average Bonchev–Trinajstić information content (AvgIpc) is 3.29. The maximum atomic E-state index is 13.1. The van der Waals surface area contributed by atoms with Crippen molar-refractivity contribution in [2.75, 3.05) is 26.2 Å². The van der Waals surface area contributed by atoms with Crippen molar-refractivity contribution < 1.29 is 13.5 Å². The van der Waals surface area contributed by atoms with Crippen molar-refractivity contribution in [2.45, 2.75) is 32.3 Å². The molecule has 1 aliphatic rings. The molecule has 0 saturated carbocycles. The molecular formula is C25H29FN4O2. The standard InChI is InChI=1S/C25H29FN4O2/c1-2-27-25(30-16-13-23(14-17-30)32-22-6-4-3-5-7-22)28-15-12-21-18-31-24(29-21)19-8-10-20(26)11-9-19/h3-11,18,23H,2,12-17H2,1H3,(H,27,28). The molecule has 0 aliphatic carbocycles. The van der Waals surface area contributed by atoms with Crippen LogP contribution in [-0.2, 0) is 6.42 Å². The summed E-state index contributed by atoms with van der Waals surface area (Å²) in [4.78, 5) is 11.6. The molecule has 1 saturated heterocycles. The highest BCUT2D eigenvalue weighted by Gasteiger charge is 2.22. The monoisotopic (exact) mass is 436 g/mol. The number of oxazole rings is 1. The van der Waals surface area contributed by atoms with E-state index in [1.807, 2.05) is 30.3 Å². The zero-order valence-electron chi connectivity index (χ0n) is 18.3. The summed E-state index contributed by atoms with van der Waals surface area (Å²) in [5, 5.41) is 3.40. The fourth-order valence-corrected chi connectivity index (χ4v) is 3.73. The molecule has 0 unspecified atom stereocenters. The molecule has 6 nitrogen and oxygen atoms in total. The Balaban J connectivity index is 1.29. The van der Waals surface area contributed by atoms with Gasteiger partial charge in [0.15, 0.2) is 5.96 Å². The molecule has 0 spiro atoms. The summed E-state index contributed by atoms with van der Waals surface area (Å²) >= 11 is 0. The van der Waals surface area contributed by atoms with Crippen LogP contribution in [0.25, 0.3) is 11.5 Å². The number of benzene rings is 2. The first-order valence-corrected chi connectivity index (χ1v) is 11.2. The Labute approximate surface area is 188 Å². The fraction of sp³-hybridized carbons (Fsp3) is 0.360. The predicted octanol–water partition coefficient (Wildman–Crippen LogP) is 4.53. The van der Waals surface area contributed by atoms with Crippen LogP contribution < -0.4 is 10.1 Å². The summed E-state index contributed by atoms with van der Waals surface area (Å²) < 4.78 is 24.8. The fourth-order valence-electron chi connectivity index (χ4n) is 3.73. The van der Waals surface area contributed by atoms with Crippen LogP contribution in [0.2, 0.25) is 0 Å². The number of rotatable bonds is 7. The first-order valence-electron chi connectivity index (χ1n) is 11.2. The number of guanidine groups is 1. The lowest BCUT2D eigenvalue weighted by atomic mass is 10.1. The van der Waals surface area contributed by atoms with Gasteiger partial charge in [0.05, 0.1) is 5.69 Å². The third-order valence-electron chi connectivity index (χ3n) is 5.39. The SMILES string of the molecule is CCNC(=NCCc1coc(-c2ccc(F)cc2)n1)N1CCC(Oc2ccccc2)CC1. The van der Waals surface area contributed by atoms with Gasteiger partial charge in [0.2, 0.25) is 5.89 Å². The van der Waals surface area contributed by atoms with Gasteiger partial charge in [0, 0.05) is 51.0 Å². The molecule has 0 bridgehead atoms. The van der Waals surface area contributed by atoms with E-state index in [1.165, 1.54) is 12.1 Å². The number of aliphatic imine (C=N–C) groups is 1. The molecule has 2 aromatic carbocycles. The first-order chi connectivity index (χ1) is 15.7. The second-order valence-electron chi connectivity index (χ2n) is 7.75. The normalized spacial score (nSPS) is 15.1. The Morgan fingerprint density at radius 1 is 1.16 bits per heavy atom. The van der Waals surface area contributed by atoms with Gasteiger partial charge in [-0.1, -0.05) is 18.2 Å². The van der Waals surface area contributed by atoms with E-state index in [1.54, 1.807) is 18.4 Å². The van der Waals surface area contributed by atoms with Crippen LogP contribution in [-0.4, -0.2) is 48.1 Å². The van der Waals surface area contributed by atoms with Crippen LogP contribution in [0.4, 0.5) is 4.39 Å². The highest BCUT2D eigenvalue weighted by molar-refractivity contribution is 5.80. The molecule has 1 N–H and O–H groups in total. The lowest BCUT2D eigenvalue weighted by molar-refractivity contribution is 0.129. The van der Waals surface area contributed by atoms with E-state index in [-0.39, 0.29) is 11.9 Å². The third kappa shape index (κ3) is 5.87. The van der Waals surface area contributed by atoms with Gasteiger partial charge >= 0.3 is 0 Å². The number of nitrogens with zero attached hydrogens (tertiary/aromatic N) is 3. The van der Waals surface area contributed by atoms with Gasteiger partial charge in [0.25, 0.3) is 0 Å². The molecule has 7 heteroatoms. The minimum atomic E-state index is -0.276. The topological polar surface area (TPSA) is 62.9 Å². The van der Waals surface area contributed by atoms with Crippen LogP contribution in [0.1, 0.15) is 25.5 Å². The largest absolute Gasteiger partial charge is 0.490 e. The number of ether oxygens (including phenoxy) is 1. The van der Waals surface area contributed by atoms with Crippen LogP contribution in [0.5, 0.6) is 5.75 Å². The molecule has 3 aromatic rings. The van der Waals surface area contributed by atoms with Gasteiger partial charge in [-0.15, -0.1) is 0 Å².